The molecule has 1 saturated heterocycles. The number of para-hydroxylation sites is 1. The Morgan fingerprint density at radius 3 is 2.91 bits per heavy atom. The summed E-state index contributed by atoms with van der Waals surface area (Å²) in [4.78, 5) is 14.5. The molecule has 2 atom stereocenters. The van der Waals surface area contributed by atoms with Crippen LogP contribution in [-0.2, 0) is 16.1 Å². The highest BCUT2D eigenvalue weighted by Crippen LogP contribution is 2.22. The molecule has 0 radical (unpaired) electrons. The summed E-state index contributed by atoms with van der Waals surface area (Å²) >= 11 is 0. The minimum atomic E-state index is 0.0368. The third kappa shape index (κ3) is 5.52. The van der Waals surface area contributed by atoms with Crippen LogP contribution in [0.15, 0.2) is 24.3 Å². The number of nitrogens with two attached hydrogens (primary N) is 1. The number of carbonyl (C=O) groups excluding carboxylic acids is 1. The van der Waals surface area contributed by atoms with Gasteiger partial charge in [0.05, 0.1) is 13.2 Å². The minimum Gasteiger partial charge on any atom is -0.496 e. The van der Waals surface area contributed by atoms with Gasteiger partial charge in [0.15, 0.2) is 0 Å². The van der Waals surface area contributed by atoms with Gasteiger partial charge in [-0.05, 0) is 32.3 Å². The highest BCUT2D eigenvalue weighted by atomic mass is 16.5. The van der Waals surface area contributed by atoms with Crippen LogP contribution in [0.3, 0.4) is 0 Å². The van der Waals surface area contributed by atoms with Crippen molar-refractivity contribution in [2.75, 3.05) is 20.3 Å². The second-order valence-corrected chi connectivity index (χ2v) is 6.24. The zero-order valence-corrected chi connectivity index (χ0v) is 14.2. The number of nitrogens with zero attached hydrogens (tertiary/aromatic N) is 1. The van der Waals surface area contributed by atoms with Crippen molar-refractivity contribution in [1.82, 2.24) is 4.90 Å². The molecule has 1 aromatic carbocycles. The summed E-state index contributed by atoms with van der Waals surface area (Å²) in [7, 11) is 1.65. The van der Waals surface area contributed by atoms with E-state index < -0.39 is 0 Å². The van der Waals surface area contributed by atoms with Crippen LogP contribution < -0.4 is 10.5 Å². The number of benzene rings is 1. The molecule has 1 amide bonds. The summed E-state index contributed by atoms with van der Waals surface area (Å²) in [5.41, 5.74) is 6.80. The molecule has 5 nitrogen and oxygen atoms in total. The van der Waals surface area contributed by atoms with Crippen molar-refractivity contribution in [3.05, 3.63) is 29.8 Å². The fraction of sp³-hybridized carbons (Fsp3) is 0.611. The number of rotatable bonds is 8. The van der Waals surface area contributed by atoms with Crippen LogP contribution in [0.25, 0.3) is 0 Å². The summed E-state index contributed by atoms with van der Waals surface area (Å²) in [5.74, 6) is 0.938. The summed E-state index contributed by atoms with van der Waals surface area (Å²) in [5, 5.41) is 0. The molecule has 2 unspecified atom stereocenters. The highest BCUT2D eigenvalue weighted by molar-refractivity contribution is 5.76. The van der Waals surface area contributed by atoms with E-state index in [-0.39, 0.29) is 18.1 Å². The SMILES string of the molecule is COc1ccccc1CN(CC1CCCO1)C(=O)CCC(C)N. The van der Waals surface area contributed by atoms with Crippen molar-refractivity contribution in [2.24, 2.45) is 5.73 Å². The molecule has 1 aromatic rings. The summed E-state index contributed by atoms with van der Waals surface area (Å²) in [6.45, 7) is 3.90. The Labute approximate surface area is 138 Å². The van der Waals surface area contributed by atoms with Gasteiger partial charge in [-0.1, -0.05) is 18.2 Å². The Bertz CT molecular complexity index is 499. The first-order chi connectivity index (χ1) is 11.1. The van der Waals surface area contributed by atoms with Crippen LogP contribution >= 0.6 is 0 Å². The first-order valence-corrected chi connectivity index (χ1v) is 8.37. The summed E-state index contributed by atoms with van der Waals surface area (Å²) in [6.07, 6.45) is 3.40. The van der Waals surface area contributed by atoms with Crippen molar-refractivity contribution in [3.63, 3.8) is 0 Å². The standard InChI is InChI=1S/C18H28N2O3/c1-14(19)9-10-18(21)20(13-16-7-5-11-23-16)12-15-6-3-4-8-17(15)22-2/h3-4,6,8,14,16H,5,7,9-13,19H2,1-2H3. The predicted molar refractivity (Wildman–Crippen MR) is 90.3 cm³/mol. The molecule has 0 spiro atoms. The van der Waals surface area contributed by atoms with E-state index in [0.29, 0.717) is 25.9 Å². The number of hydrogen-bond donors (Lipinski definition) is 1. The molecule has 1 aliphatic heterocycles. The predicted octanol–water partition coefficient (Wildman–Crippen LogP) is 2.33. The quantitative estimate of drug-likeness (QED) is 0.798. The molecule has 1 fully saturated rings. The maximum Gasteiger partial charge on any atom is 0.223 e. The van der Waals surface area contributed by atoms with E-state index >= 15 is 0 Å². The van der Waals surface area contributed by atoms with E-state index in [9.17, 15) is 4.79 Å². The van der Waals surface area contributed by atoms with Gasteiger partial charge >= 0.3 is 0 Å². The maximum absolute atomic E-state index is 12.6. The number of amides is 1. The van der Waals surface area contributed by atoms with E-state index in [4.69, 9.17) is 15.2 Å². The van der Waals surface area contributed by atoms with Gasteiger partial charge in [0.2, 0.25) is 5.91 Å². The van der Waals surface area contributed by atoms with Gasteiger partial charge in [-0.3, -0.25) is 4.79 Å². The Hall–Kier alpha value is -1.59. The van der Waals surface area contributed by atoms with Crippen molar-refractivity contribution in [2.45, 2.75) is 51.3 Å². The molecule has 0 aromatic heterocycles. The lowest BCUT2D eigenvalue weighted by Gasteiger charge is -2.26. The number of carbonyl (C=O) groups is 1. The monoisotopic (exact) mass is 320 g/mol. The van der Waals surface area contributed by atoms with E-state index in [1.54, 1.807) is 7.11 Å². The number of ether oxygens (including phenoxy) is 2. The normalized spacial score (nSPS) is 18.7. The highest BCUT2D eigenvalue weighted by Gasteiger charge is 2.23. The van der Waals surface area contributed by atoms with E-state index in [0.717, 1.165) is 30.8 Å². The van der Waals surface area contributed by atoms with Crippen LogP contribution in [-0.4, -0.2) is 43.2 Å². The molecule has 0 aliphatic carbocycles. The average molecular weight is 320 g/mol. The van der Waals surface area contributed by atoms with Crippen molar-refractivity contribution >= 4 is 5.91 Å². The Morgan fingerprint density at radius 1 is 1.48 bits per heavy atom. The second-order valence-electron chi connectivity index (χ2n) is 6.24. The molecule has 2 rings (SSSR count). The second kappa shape index (κ2) is 8.89. The Kier molecular flexibility index (Phi) is 6.86. The van der Waals surface area contributed by atoms with E-state index in [1.807, 2.05) is 36.1 Å². The molecule has 23 heavy (non-hydrogen) atoms. The van der Waals surface area contributed by atoms with Crippen LogP contribution in [0.4, 0.5) is 0 Å². The zero-order chi connectivity index (χ0) is 16.7. The van der Waals surface area contributed by atoms with Gasteiger partial charge in [0, 0.05) is 37.7 Å². The van der Waals surface area contributed by atoms with Gasteiger partial charge < -0.3 is 20.1 Å². The van der Waals surface area contributed by atoms with Gasteiger partial charge in [-0.25, -0.2) is 0 Å². The van der Waals surface area contributed by atoms with E-state index in [1.165, 1.54) is 0 Å². The van der Waals surface area contributed by atoms with Crippen LogP contribution in [0, 0.1) is 0 Å². The molecule has 128 valence electrons. The molecule has 1 heterocycles. The summed E-state index contributed by atoms with van der Waals surface area (Å²) in [6, 6.07) is 7.86. The largest absolute Gasteiger partial charge is 0.496 e. The Balaban J connectivity index is 2.06. The topological polar surface area (TPSA) is 64.8 Å². The van der Waals surface area contributed by atoms with Gasteiger partial charge in [0.25, 0.3) is 0 Å². The third-order valence-electron chi connectivity index (χ3n) is 4.17. The molecule has 0 bridgehead atoms. The maximum atomic E-state index is 12.6. The van der Waals surface area contributed by atoms with Crippen molar-refractivity contribution in [3.8, 4) is 5.75 Å². The lowest BCUT2D eigenvalue weighted by molar-refractivity contribution is -0.133. The van der Waals surface area contributed by atoms with Crippen molar-refractivity contribution in [1.29, 1.82) is 0 Å². The van der Waals surface area contributed by atoms with Crippen LogP contribution in [0.1, 0.15) is 38.2 Å². The average Bonchev–Trinajstić information content (AvgIpc) is 3.05. The minimum absolute atomic E-state index is 0.0368. The number of methoxy groups -OCH3 is 1. The van der Waals surface area contributed by atoms with Gasteiger partial charge in [-0.15, -0.1) is 0 Å². The first kappa shape index (κ1) is 17.8. The van der Waals surface area contributed by atoms with Crippen LogP contribution in [0.2, 0.25) is 0 Å². The molecule has 5 heteroatoms. The molecular weight excluding hydrogens is 292 g/mol. The Morgan fingerprint density at radius 2 is 2.26 bits per heavy atom. The van der Waals surface area contributed by atoms with Gasteiger partial charge in [-0.2, -0.15) is 0 Å². The lowest BCUT2D eigenvalue weighted by Crippen LogP contribution is -2.37. The van der Waals surface area contributed by atoms with Crippen molar-refractivity contribution < 1.29 is 14.3 Å². The lowest BCUT2D eigenvalue weighted by atomic mass is 10.1. The number of hydrogen-bond acceptors (Lipinski definition) is 4. The molecule has 0 saturated carbocycles. The fourth-order valence-electron chi connectivity index (χ4n) is 2.84. The van der Waals surface area contributed by atoms with Gasteiger partial charge in [0.1, 0.15) is 5.75 Å². The zero-order valence-electron chi connectivity index (χ0n) is 14.2. The fourth-order valence-corrected chi connectivity index (χ4v) is 2.84. The van der Waals surface area contributed by atoms with Crippen LogP contribution in [0.5, 0.6) is 5.75 Å². The molecule has 2 N–H and O–H groups in total. The third-order valence-corrected chi connectivity index (χ3v) is 4.17. The molecular formula is C18H28N2O3. The smallest absolute Gasteiger partial charge is 0.223 e. The first-order valence-electron chi connectivity index (χ1n) is 8.37. The molecule has 1 aliphatic rings. The van der Waals surface area contributed by atoms with E-state index in [2.05, 4.69) is 0 Å². The summed E-state index contributed by atoms with van der Waals surface area (Å²) < 4.78 is 11.1.